The topological polar surface area (TPSA) is 69.6 Å². The van der Waals surface area contributed by atoms with Gasteiger partial charge in [0.05, 0.1) is 6.04 Å². The molecule has 4 nitrogen and oxygen atoms in total. The van der Waals surface area contributed by atoms with Crippen LogP contribution in [0.25, 0.3) is 0 Å². The Balaban J connectivity index is 3.72. The molecule has 0 heterocycles. The van der Waals surface area contributed by atoms with Crippen LogP contribution < -0.4 is 5.32 Å². The minimum atomic E-state index is -1.42. The molecular formula is C6H13NO3. The molecule has 0 radical (unpaired) electrons. The molecule has 10 heavy (non-hydrogen) atoms. The highest BCUT2D eigenvalue weighted by molar-refractivity contribution is 5.81. The molecule has 0 spiro atoms. The van der Waals surface area contributed by atoms with Crippen molar-refractivity contribution in [2.24, 2.45) is 0 Å². The third-order valence-corrected chi connectivity index (χ3v) is 1.29. The average molecular weight is 147 g/mol. The number of likely N-dealkylation sites (N-methyl/N-ethyl adjacent to an activating group) is 1. The lowest BCUT2D eigenvalue weighted by molar-refractivity contribution is -0.122. The van der Waals surface area contributed by atoms with Crippen LogP contribution in [0.4, 0.5) is 0 Å². The van der Waals surface area contributed by atoms with Crippen molar-refractivity contribution in [2.45, 2.75) is 25.7 Å². The summed E-state index contributed by atoms with van der Waals surface area (Å²) in [4.78, 5) is 10.6. The number of hydrogen-bond donors (Lipinski definition) is 3. The van der Waals surface area contributed by atoms with Gasteiger partial charge in [-0.3, -0.25) is 4.79 Å². The Morgan fingerprint density at radius 2 is 2.10 bits per heavy atom. The molecule has 0 aromatic heterocycles. The number of ketones is 1. The van der Waals surface area contributed by atoms with Crippen LogP contribution >= 0.6 is 0 Å². The van der Waals surface area contributed by atoms with Gasteiger partial charge in [0.15, 0.2) is 6.29 Å². The quantitative estimate of drug-likeness (QED) is 0.440. The Bertz CT molecular complexity index is 114. The largest absolute Gasteiger partial charge is 0.368 e. The summed E-state index contributed by atoms with van der Waals surface area (Å²) in [5.41, 5.74) is 0. The molecule has 0 rings (SSSR count). The number of Topliss-reactive ketones (excluding diaryl/α,β-unsaturated/α-hetero) is 1. The fraction of sp³-hybridized carbons (Fsp3) is 0.833. The van der Waals surface area contributed by atoms with Gasteiger partial charge in [-0.2, -0.15) is 0 Å². The van der Waals surface area contributed by atoms with Crippen LogP contribution in [0.15, 0.2) is 0 Å². The van der Waals surface area contributed by atoms with E-state index in [0.29, 0.717) is 0 Å². The van der Waals surface area contributed by atoms with E-state index in [0.717, 1.165) is 0 Å². The predicted molar refractivity (Wildman–Crippen MR) is 36.4 cm³/mol. The zero-order chi connectivity index (χ0) is 8.15. The number of carbonyl (C=O) groups excluding carboxylic acids is 1. The van der Waals surface area contributed by atoms with Crippen molar-refractivity contribution in [2.75, 3.05) is 7.05 Å². The van der Waals surface area contributed by atoms with Crippen LogP contribution in [0.5, 0.6) is 0 Å². The number of aliphatic hydroxyl groups is 2. The Morgan fingerprint density at radius 1 is 1.60 bits per heavy atom. The summed E-state index contributed by atoms with van der Waals surface area (Å²) < 4.78 is 0. The maximum absolute atomic E-state index is 10.6. The van der Waals surface area contributed by atoms with Crippen LogP contribution in [-0.4, -0.2) is 35.4 Å². The number of hydrogen-bond acceptors (Lipinski definition) is 4. The van der Waals surface area contributed by atoms with Crippen LogP contribution in [0.1, 0.15) is 13.3 Å². The van der Waals surface area contributed by atoms with Crippen LogP contribution in [-0.2, 0) is 4.79 Å². The highest BCUT2D eigenvalue weighted by Crippen LogP contribution is 1.95. The van der Waals surface area contributed by atoms with E-state index in [-0.39, 0.29) is 12.2 Å². The van der Waals surface area contributed by atoms with Gasteiger partial charge in [0.2, 0.25) is 0 Å². The smallest absolute Gasteiger partial charge is 0.153 e. The first kappa shape index (κ1) is 9.55. The predicted octanol–water partition coefficient (Wildman–Crippen LogP) is -1.14. The number of aliphatic hydroxyl groups excluding tert-OH is 1. The molecule has 0 bridgehead atoms. The van der Waals surface area contributed by atoms with Gasteiger partial charge < -0.3 is 15.5 Å². The molecule has 0 aliphatic heterocycles. The van der Waals surface area contributed by atoms with Gasteiger partial charge in [0.25, 0.3) is 0 Å². The van der Waals surface area contributed by atoms with Gasteiger partial charge in [0.1, 0.15) is 5.78 Å². The van der Waals surface area contributed by atoms with Crippen molar-refractivity contribution in [3.05, 3.63) is 0 Å². The monoisotopic (exact) mass is 147 g/mol. The van der Waals surface area contributed by atoms with E-state index >= 15 is 0 Å². The molecule has 0 aliphatic carbocycles. The summed E-state index contributed by atoms with van der Waals surface area (Å²) in [7, 11) is 1.61. The second-order valence-corrected chi connectivity index (χ2v) is 2.17. The summed E-state index contributed by atoms with van der Waals surface area (Å²) in [6.45, 7) is 1.41. The van der Waals surface area contributed by atoms with Crippen molar-refractivity contribution in [1.29, 1.82) is 0 Å². The summed E-state index contributed by atoms with van der Waals surface area (Å²) in [5.74, 6) is -0.0874. The molecule has 3 N–H and O–H groups in total. The number of carbonyl (C=O) groups is 1. The molecular weight excluding hydrogens is 134 g/mol. The summed E-state index contributed by atoms with van der Waals surface area (Å²) in [5, 5.41) is 19.6. The minimum absolute atomic E-state index is 0.0475. The maximum atomic E-state index is 10.6. The Morgan fingerprint density at radius 3 is 2.20 bits per heavy atom. The SMILES string of the molecule is CNC(CC(O)O)C(C)=O. The lowest BCUT2D eigenvalue weighted by atomic mass is 10.1. The minimum Gasteiger partial charge on any atom is -0.368 e. The lowest BCUT2D eigenvalue weighted by Gasteiger charge is -2.12. The molecule has 0 saturated heterocycles. The van der Waals surface area contributed by atoms with Crippen molar-refractivity contribution in [3.63, 3.8) is 0 Å². The molecule has 0 saturated carbocycles. The fourth-order valence-electron chi connectivity index (χ4n) is 0.698. The Labute approximate surface area is 59.9 Å². The number of nitrogens with one attached hydrogen (secondary N) is 1. The van der Waals surface area contributed by atoms with E-state index in [2.05, 4.69) is 5.32 Å². The van der Waals surface area contributed by atoms with E-state index in [1.54, 1.807) is 7.05 Å². The fourth-order valence-corrected chi connectivity index (χ4v) is 0.698. The normalized spacial score (nSPS) is 13.7. The van der Waals surface area contributed by atoms with Crippen molar-refractivity contribution >= 4 is 5.78 Å². The molecule has 1 atom stereocenters. The average Bonchev–Trinajstić information content (AvgIpc) is 1.81. The highest BCUT2D eigenvalue weighted by atomic mass is 16.5. The number of rotatable bonds is 4. The third kappa shape index (κ3) is 3.55. The molecule has 1 unspecified atom stereocenters. The molecule has 0 aromatic carbocycles. The van der Waals surface area contributed by atoms with E-state index in [1.807, 2.05) is 0 Å². The van der Waals surface area contributed by atoms with Crippen molar-refractivity contribution in [1.82, 2.24) is 5.32 Å². The molecule has 0 fully saturated rings. The highest BCUT2D eigenvalue weighted by Gasteiger charge is 2.14. The lowest BCUT2D eigenvalue weighted by Crippen LogP contribution is -2.35. The van der Waals surface area contributed by atoms with Gasteiger partial charge in [-0.05, 0) is 14.0 Å². The first-order chi connectivity index (χ1) is 4.57. The van der Waals surface area contributed by atoms with Crippen LogP contribution in [0.3, 0.4) is 0 Å². The van der Waals surface area contributed by atoms with Crippen molar-refractivity contribution in [3.8, 4) is 0 Å². The first-order valence-electron chi connectivity index (χ1n) is 3.11. The van der Waals surface area contributed by atoms with Crippen LogP contribution in [0.2, 0.25) is 0 Å². The summed E-state index contributed by atoms with van der Waals surface area (Å²) in [6, 6.07) is -0.444. The molecule has 60 valence electrons. The van der Waals surface area contributed by atoms with Crippen LogP contribution in [0, 0.1) is 0 Å². The zero-order valence-corrected chi connectivity index (χ0v) is 6.16. The second kappa shape index (κ2) is 4.38. The van der Waals surface area contributed by atoms with Crippen molar-refractivity contribution < 1.29 is 15.0 Å². The summed E-state index contributed by atoms with van der Waals surface area (Å²) in [6.07, 6.45) is -1.37. The van der Waals surface area contributed by atoms with E-state index < -0.39 is 12.3 Å². The molecule has 0 aliphatic rings. The first-order valence-corrected chi connectivity index (χ1v) is 3.11. The molecule has 0 amide bonds. The molecule has 0 aromatic rings. The summed E-state index contributed by atoms with van der Waals surface area (Å²) >= 11 is 0. The zero-order valence-electron chi connectivity index (χ0n) is 6.16. The van der Waals surface area contributed by atoms with Gasteiger partial charge >= 0.3 is 0 Å². The third-order valence-electron chi connectivity index (χ3n) is 1.29. The van der Waals surface area contributed by atoms with E-state index in [9.17, 15) is 4.79 Å². The van der Waals surface area contributed by atoms with Gasteiger partial charge in [-0.25, -0.2) is 0 Å². The van der Waals surface area contributed by atoms with E-state index in [1.165, 1.54) is 6.92 Å². The second-order valence-electron chi connectivity index (χ2n) is 2.17. The Hall–Kier alpha value is -0.450. The maximum Gasteiger partial charge on any atom is 0.153 e. The van der Waals surface area contributed by atoms with Gasteiger partial charge in [-0.15, -0.1) is 0 Å². The standard InChI is InChI=1S/C6H13NO3/c1-4(8)5(7-2)3-6(9)10/h5-7,9-10H,3H2,1-2H3. The molecule has 4 heteroatoms. The van der Waals surface area contributed by atoms with Gasteiger partial charge in [-0.1, -0.05) is 0 Å². The Kier molecular flexibility index (Phi) is 4.18. The van der Waals surface area contributed by atoms with E-state index in [4.69, 9.17) is 10.2 Å². The van der Waals surface area contributed by atoms with Gasteiger partial charge in [0, 0.05) is 6.42 Å².